The molecule has 3 aromatic carbocycles. The highest BCUT2D eigenvalue weighted by molar-refractivity contribution is 7.89. The highest BCUT2D eigenvalue weighted by atomic mass is 35.5. The van der Waals surface area contributed by atoms with Gasteiger partial charge in [0.05, 0.1) is 12.0 Å². The molecule has 2 N–H and O–H groups in total. The Morgan fingerprint density at radius 3 is 2.51 bits per heavy atom. The van der Waals surface area contributed by atoms with Crippen molar-refractivity contribution in [2.75, 3.05) is 25.5 Å². The maximum absolute atomic E-state index is 15.1. The van der Waals surface area contributed by atoms with E-state index in [-0.39, 0.29) is 41.1 Å². The first-order valence-corrected chi connectivity index (χ1v) is 16.5. The average molecular weight is 630 g/mol. The number of carbonyl (C=O) groups is 1. The third-order valence-electron chi connectivity index (χ3n) is 8.09. The molecular weight excluding hydrogens is 589 g/mol. The molecule has 1 saturated heterocycles. The molecule has 0 bridgehead atoms. The normalized spacial score (nSPS) is 18.4. The van der Waals surface area contributed by atoms with E-state index in [2.05, 4.69) is 24.5 Å². The molecule has 1 aliphatic rings. The summed E-state index contributed by atoms with van der Waals surface area (Å²) in [7, 11) is -2.22. The summed E-state index contributed by atoms with van der Waals surface area (Å²) in [6.07, 6.45) is 1.65. The van der Waals surface area contributed by atoms with E-state index in [4.69, 9.17) is 16.3 Å². The molecular formula is C33H41ClFN3O4S. The number of ether oxygens (including phenoxy) is 1. The second-order valence-electron chi connectivity index (χ2n) is 11.5. The number of hydrogen-bond donors (Lipinski definition) is 2. The molecule has 0 saturated carbocycles. The number of carbonyl (C=O) groups excluding carboxylic acids is 1. The van der Waals surface area contributed by atoms with Crippen LogP contribution in [0.25, 0.3) is 0 Å². The summed E-state index contributed by atoms with van der Waals surface area (Å²) in [4.78, 5) is 13.4. The quantitative estimate of drug-likeness (QED) is 0.235. The first kappa shape index (κ1) is 32.9. The molecule has 1 fully saturated rings. The molecule has 232 valence electrons. The van der Waals surface area contributed by atoms with E-state index in [1.165, 1.54) is 13.2 Å². The Morgan fingerprint density at radius 2 is 1.84 bits per heavy atom. The van der Waals surface area contributed by atoms with Crippen LogP contribution in [0.3, 0.4) is 0 Å². The standard InChI is InChI=1S/C33H41ClFN3O4S/c1-22(2)30(24-8-5-9-25(34)18-24)19-33(39)37-32-13-7-12-31(35)29(32)11-6-10-26-21-36-20-23(3)38(26)43(40,41)28-16-14-27(42-4)15-17-28/h5,7-9,12-18,22-23,26,30,36H,6,10-11,19-21H2,1-4H3,(H,37,39). The highest BCUT2D eigenvalue weighted by Crippen LogP contribution is 2.31. The molecule has 1 amide bonds. The van der Waals surface area contributed by atoms with Crippen LogP contribution in [0.15, 0.2) is 71.6 Å². The van der Waals surface area contributed by atoms with Crippen molar-refractivity contribution in [3.8, 4) is 5.75 Å². The van der Waals surface area contributed by atoms with Crippen molar-refractivity contribution in [1.29, 1.82) is 0 Å². The number of rotatable bonds is 12. The van der Waals surface area contributed by atoms with Crippen molar-refractivity contribution >= 4 is 33.2 Å². The molecule has 3 unspecified atom stereocenters. The minimum Gasteiger partial charge on any atom is -0.497 e. The number of methoxy groups -OCH3 is 1. The number of sulfonamides is 1. The van der Waals surface area contributed by atoms with Crippen LogP contribution < -0.4 is 15.4 Å². The molecule has 1 heterocycles. The molecule has 43 heavy (non-hydrogen) atoms. The van der Waals surface area contributed by atoms with Gasteiger partial charge in [-0.3, -0.25) is 4.79 Å². The van der Waals surface area contributed by atoms with Crippen LogP contribution in [-0.4, -0.2) is 50.9 Å². The van der Waals surface area contributed by atoms with Crippen molar-refractivity contribution in [1.82, 2.24) is 9.62 Å². The minimum atomic E-state index is -3.76. The Kier molecular flexibility index (Phi) is 11.2. The second-order valence-corrected chi connectivity index (χ2v) is 13.8. The number of benzene rings is 3. The van der Waals surface area contributed by atoms with Crippen molar-refractivity contribution in [3.63, 3.8) is 0 Å². The van der Waals surface area contributed by atoms with E-state index in [9.17, 15) is 13.2 Å². The van der Waals surface area contributed by atoms with Gasteiger partial charge < -0.3 is 15.4 Å². The van der Waals surface area contributed by atoms with E-state index >= 15 is 4.39 Å². The lowest BCUT2D eigenvalue weighted by Crippen LogP contribution is -2.58. The zero-order valence-electron chi connectivity index (χ0n) is 25.1. The number of nitrogens with one attached hydrogen (secondary N) is 2. The summed E-state index contributed by atoms with van der Waals surface area (Å²) in [6, 6.07) is 18.1. The Hall–Kier alpha value is -2.98. The molecule has 0 radical (unpaired) electrons. The van der Waals surface area contributed by atoms with Crippen molar-refractivity contribution < 1.29 is 22.3 Å². The lowest BCUT2D eigenvalue weighted by atomic mass is 9.85. The molecule has 3 aromatic rings. The molecule has 0 aliphatic carbocycles. The summed E-state index contributed by atoms with van der Waals surface area (Å²) in [6.45, 7) is 7.05. The molecule has 3 atom stereocenters. The third-order valence-corrected chi connectivity index (χ3v) is 10.4. The van der Waals surface area contributed by atoms with Crippen LogP contribution in [0.5, 0.6) is 5.75 Å². The summed E-state index contributed by atoms with van der Waals surface area (Å²) in [5.74, 6) is 0.134. The van der Waals surface area contributed by atoms with Gasteiger partial charge in [0.15, 0.2) is 0 Å². The highest BCUT2D eigenvalue weighted by Gasteiger charge is 2.37. The smallest absolute Gasteiger partial charge is 0.243 e. The molecule has 4 rings (SSSR count). The summed E-state index contributed by atoms with van der Waals surface area (Å²) in [5.41, 5.74) is 1.85. The SMILES string of the molecule is COc1ccc(S(=O)(=O)N2C(C)CNCC2CCCc2c(F)cccc2NC(=O)CC(c2cccc(Cl)c2)C(C)C)cc1. The van der Waals surface area contributed by atoms with Gasteiger partial charge >= 0.3 is 0 Å². The van der Waals surface area contributed by atoms with E-state index in [1.807, 2.05) is 25.1 Å². The summed E-state index contributed by atoms with van der Waals surface area (Å²) < 4.78 is 49.2. The van der Waals surface area contributed by atoms with E-state index in [1.54, 1.807) is 46.8 Å². The lowest BCUT2D eigenvalue weighted by molar-refractivity contribution is -0.116. The van der Waals surface area contributed by atoms with Gasteiger partial charge in [0.2, 0.25) is 15.9 Å². The number of amides is 1. The van der Waals surface area contributed by atoms with Gasteiger partial charge in [0.25, 0.3) is 0 Å². The van der Waals surface area contributed by atoms with Crippen LogP contribution >= 0.6 is 11.6 Å². The number of hydrogen-bond acceptors (Lipinski definition) is 5. The van der Waals surface area contributed by atoms with Crippen LogP contribution in [0, 0.1) is 11.7 Å². The van der Waals surface area contributed by atoms with Crippen molar-refractivity contribution in [2.24, 2.45) is 5.92 Å². The first-order valence-electron chi connectivity index (χ1n) is 14.7. The van der Waals surface area contributed by atoms with Gasteiger partial charge in [-0.2, -0.15) is 4.31 Å². The summed E-state index contributed by atoms with van der Waals surface area (Å²) in [5, 5.41) is 6.89. The molecule has 7 nitrogen and oxygen atoms in total. The molecule has 10 heteroatoms. The fourth-order valence-electron chi connectivity index (χ4n) is 5.85. The Bertz CT molecular complexity index is 1500. The van der Waals surface area contributed by atoms with Crippen molar-refractivity contribution in [2.45, 2.75) is 69.4 Å². The van der Waals surface area contributed by atoms with E-state index < -0.39 is 15.8 Å². The number of anilines is 1. The molecule has 0 aromatic heterocycles. The first-order chi connectivity index (χ1) is 20.5. The Morgan fingerprint density at radius 1 is 1.12 bits per heavy atom. The van der Waals surface area contributed by atoms with Crippen LogP contribution in [-0.2, 0) is 21.2 Å². The van der Waals surface area contributed by atoms with Crippen molar-refractivity contribution in [3.05, 3.63) is 88.7 Å². The Balaban J connectivity index is 1.45. The van der Waals surface area contributed by atoms with Crippen LogP contribution in [0.2, 0.25) is 5.02 Å². The third kappa shape index (κ3) is 8.15. The monoisotopic (exact) mass is 629 g/mol. The Labute approximate surface area is 259 Å². The van der Waals surface area contributed by atoms with Gasteiger partial charge in [-0.15, -0.1) is 0 Å². The zero-order valence-corrected chi connectivity index (χ0v) is 26.7. The van der Waals surface area contributed by atoms with Crippen LogP contribution in [0.1, 0.15) is 57.1 Å². The van der Waals surface area contributed by atoms with Gasteiger partial charge in [-0.1, -0.05) is 43.6 Å². The van der Waals surface area contributed by atoms with Gasteiger partial charge in [0, 0.05) is 47.9 Å². The van der Waals surface area contributed by atoms with E-state index in [0.29, 0.717) is 54.4 Å². The predicted molar refractivity (Wildman–Crippen MR) is 170 cm³/mol. The van der Waals surface area contributed by atoms with Gasteiger partial charge in [-0.25, -0.2) is 12.8 Å². The molecule has 0 spiro atoms. The van der Waals surface area contributed by atoms with Crippen LogP contribution in [0.4, 0.5) is 10.1 Å². The van der Waals surface area contributed by atoms with Gasteiger partial charge in [-0.05, 0) is 92.1 Å². The average Bonchev–Trinajstić information content (AvgIpc) is 2.97. The minimum absolute atomic E-state index is 0.0462. The number of nitrogens with zero attached hydrogens (tertiary/aromatic N) is 1. The lowest BCUT2D eigenvalue weighted by Gasteiger charge is -2.40. The maximum Gasteiger partial charge on any atom is 0.243 e. The molecule has 1 aliphatic heterocycles. The second kappa shape index (κ2) is 14.7. The maximum atomic E-state index is 15.1. The fourth-order valence-corrected chi connectivity index (χ4v) is 7.89. The van der Waals surface area contributed by atoms with Gasteiger partial charge in [0.1, 0.15) is 11.6 Å². The number of piperazine rings is 1. The topological polar surface area (TPSA) is 87.7 Å². The zero-order chi connectivity index (χ0) is 31.1. The number of halogens is 2. The largest absolute Gasteiger partial charge is 0.497 e. The summed E-state index contributed by atoms with van der Waals surface area (Å²) >= 11 is 6.20. The predicted octanol–water partition coefficient (Wildman–Crippen LogP) is 6.63. The fraction of sp³-hybridized carbons (Fsp3) is 0.424. The van der Waals surface area contributed by atoms with E-state index in [0.717, 1.165) is 5.56 Å².